The van der Waals surface area contributed by atoms with Crippen LogP contribution in [0, 0.1) is 16.0 Å². The smallest absolute Gasteiger partial charge is 0.218 e. The van der Waals surface area contributed by atoms with Gasteiger partial charge in [0.2, 0.25) is 6.04 Å². The van der Waals surface area contributed by atoms with Crippen LogP contribution in [0.15, 0.2) is 30.3 Å². The number of aliphatic hydroxyl groups excluding tert-OH is 1. The van der Waals surface area contributed by atoms with E-state index < -0.39 is 12.1 Å². The normalized spacial score (nSPS) is 26.6. The van der Waals surface area contributed by atoms with Crippen LogP contribution in [0.1, 0.15) is 30.9 Å². The summed E-state index contributed by atoms with van der Waals surface area (Å²) in [6.07, 6.45) is 1.45. The summed E-state index contributed by atoms with van der Waals surface area (Å²) in [7, 11) is 0. The van der Waals surface area contributed by atoms with Gasteiger partial charge in [0, 0.05) is 11.3 Å². The van der Waals surface area contributed by atoms with Gasteiger partial charge in [0.25, 0.3) is 0 Å². The second-order valence-corrected chi connectivity index (χ2v) is 4.30. The molecule has 1 aromatic rings. The van der Waals surface area contributed by atoms with Crippen molar-refractivity contribution in [3.63, 3.8) is 0 Å². The van der Waals surface area contributed by atoms with Gasteiger partial charge < -0.3 is 5.11 Å². The van der Waals surface area contributed by atoms with E-state index in [9.17, 15) is 15.2 Å². The van der Waals surface area contributed by atoms with E-state index in [1.807, 2.05) is 30.3 Å². The van der Waals surface area contributed by atoms with Crippen molar-refractivity contribution >= 4 is 0 Å². The van der Waals surface area contributed by atoms with Gasteiger partial charge in [0.1, 0.15) is 0 Å². The van der Waals surface area contributed by atoms with Crippen molar-refractivity contribution in [2.24, 2.45) is 5.92 Å². The molecule has 3 unspecified atom stereocenters. The molecule has 4 heteroatoms. The van der Waals surface area contributed by atoms with Gasteiger partial charge in [-0.2, -0.15) is 0 Å². The Morgan fingerprint density at radius 1 is 1.31 bits per heavy atom. The zero-order chi connectivity index (χ0) is 11.5. The first kappa shape index (κ1) is 11.1. The molecule has 16 heavy (non-hydrogen) atoms. The molecule has 0 aliphatic heterocycles. The third kappa shape index (κ3) is 2.07. The Hall–Kier alpha value is -1.42. The van der Waals surface area contributed by atoms with E-state index in [2.05, 4.69) is 0 Å². The van der Waals surface area contributed by atoms with Crippen LogP contribution in [0.25, 0.3) is 0 Å². The van der Waals surface area contributed by atoms with Crippen molar-refractivity contribution < 1.29 is 10.0 Å². The predicted octanol–water partition coefficient (Wildman–Crippen LogP) is 2.17. The fourth-order valence-electron chi connectivity index (χ4n) is 2.50. The van der Waals surface area contributed by atoms with Gasteiger partial charge >= 0.3 is 0 Å². The van der Waals surface area contributed by atoms with Gasteiger partial charge in [-0.05, 0) is 18.4 Å². The molecule has 0 heterocycles. The van der Waals surface area contributed by atoms with E-state index in [1.165, 1.54) is 0 Å². The topological polar surface area (TPSA) is 63.4 Å². The number of hydrogen-bond acceptors (Lipinski definition) is 3. The van der Waals surface area contributed by atoms with E-state index in [-0.39, 0.29) is 10.8 Å². The van der Waals surface area contributed by atoms with Crippen LogP contribution in [0.5, 0.6) is 0 Å². The molecule has 0 amide bonds. The number of hydrogen-bond donors (Lipinski definition) is 1. The maximum Gasteiger partial charge on any atom is 0.218 e. The van der Waals surface area contributed by atoms with E-state index in [4.69, 9.17) is 0 Å². The number of benzene rings is 1. The highest BCUT2D eigenvalue weighted by atomic mass is 16.6. The second kappa shape index (κ2) is 4.61. The average Bonchev–Trinajstić information content (AvgIpc) is 2.78. The molecular formula is C12H15NO3. The van der Waals surface area contributed by atoms with Crippen molar-refractivity contribution in [1.82, 2.24) is 0 Å². The summed E-state index contributed by atoms with van der Waals surface area (Å²) in [5, 5.41) is 21.0. The van der Waals surface area contributed by atoms with Gasteiger partial charge in [0.05, 0.1) is 12.0 Å². The summed E-state index contributed by atoms with van der Waals surface area (Å²) >= 11 is 0. The SMILES string of the molecule is O=[N+]([O-])C1CCCC1C(O)c1ccccc1. The minimum Gasteiger partial charge on any atom is -0.388 e. The molecule has 1 N–H and O–H groups in total. The Morgan fingerprint density at radius 2 is 2.00 bits per heavy atom. The van der Waals surface area contributed by atoms with Crippen molar-refractivity contribution in [2.45, 2.75) is 31.4 Å². The quantitative estimate of drug-likeness (QED) is 0.628. The molecule has 1 aromatic carbocycles. The first-order valence-electron chi connectivity index (χ1n) is 5.56. The van der Waals surface area contributed by atoms with E-state index in [0.29, 0.717) is 6.42 Å². The lowest BCUT2D eigenvalue weighted by Crippen LogP contribution is -2.28. The Labute approximate surface area is 94.1 Å². The van der Waals surface area contributed by atoms with Gasteiger partial charge in [-0.15, -0.1) is 0 Å². The highest BCUT2D eigenvalue weighted by Crippen LogP contribution is 2.37. The Morgan fingerprint density at radius 3 is 2.62 bits per heavy atom. The summed E-state index contributed by atoms with van der Waals surface area (Å²) in [4.78, 5) is 10.6. The van der Waals surface area contributed by atoms with E-state index in [0.717, 1.165) is 18.4 Å². The fourth-order valence-corrected chi connectivity index (χ4v) is 2.50. The van der Waals surface area contributed by atoms with Gasteiger partial charge in [-0.25, -0.2) is 0 Å². The summed E-state index contributed by atoms with van der Waals surface area (Å²) in [6, 6.07) is 8.61. The monoisotopic (exact) mass is 221 g/mol. The fraction of sp³-hybridized carbons (Fsp3) is 0.500. The largest absolute Gasteiger partial charge is 0.388 e. The molecule has 1 aliphatic rings. The zero-order valence-electron chi connectivity index (χ0n) is 8.95. The first-order valence-corrected chi connectivity index (χ1v) is 5.56. The van der Waals surface area contributed by atoms with Crippen LogP contribution < -0.4 is 0 Å². The number of nitro groups is 1. The highest BCUT2D eigenvalue weighted by molar-refractivity contribution is 5.18. The predicted molar refractivity (Wildman–Crippen MR) is 59.5 cm³/mol. The Bertz CT molecular complexity index is 366. The molecule has 1 fully saturated rings. The number of nitrogens with zero attached hydrogens (tertiary/aromatic N) is 1. The van der Waals surface area contributed by atoms with Crippen molar-refractivity contribution in [3.8, 4) is 0 Å². The molecule has 86 valence electrons. The maximum absolute atomic E-state index is 10.8. The van der Waals surface area contributed by atoms with Crippen LogP contribution in [0.2, 0.25) is 0 Å². The molecule has 4 nitrogen and oxygen atoms in total. The van der Waals surface area contributed by atoms with Crippen molar-refractivity contribution in [2.75, 3.05) is 0 Å². The summed E-state index contributed by atoms with van der Waals surface area (Å²) in [5.74, 6) is -0.239. The summed E-state index contributed by atoms with van der Waals surface area (Å²) < 4.78 is 0. The van der Waals surface area contributed by atoms with Crippen LogP contribution in [0.4, 0.5) is 0 Å². The van der Waals surface area contributed by atoms with Crippen LogP contribution in [0.3, 0.4) is 0 Å². The summed E-state index contributed by atoms with van der Waals surface area (Å²) in [5.41, 5.74) is 0.779. The minimum atomic E-state index is -0.709. The Balaban J connectivity index is 2.15. The number of rotatable bonds is 3. The average molecular weight is 221 g/mol. The van der Waals surface area contributed by atoms with Gasteiger partial charge in [-0.3, -0.25) is 10.1 Å². The lowest BCUT2D eigenvalue weighted by molar-refractivity contribution is -0.531. The van der Waals surface area contributed by atoms with Crippen LogP contribution in [-0.2, 0) is 0 Å². The molecule has 1 aliphatic carbocycles. The second-order valence-electron chi connectivity index (χ2n) is 4.30. The molecule has 1 saturated carbocycles. The van der Waals surface area contributed by atoms with E-state index in [1.54, 1.807) is 0 Å². The lowest BCUT2D eigenvalue weighted by atomic mass is 9.92. The Kier molecular flexibility index (Phi) is 3.19. The minimum absolute atomic E-state index is 0.239. The molecule has 0 aromatic heterocycles. The third-order valence-electron chi connectivity index (χ3n) is 3.35. The third-order valence-corrected chi connectivity index (χ3v) is 3.35. The lowest BCUT2D eigenvalue weighted by Gasteiger charge is -2.19. The molecule has 0 spiro atoms. The van der Waals surface area contributed by atoms with E-state index >= 15 is 0 Å². The van der Waals surface area contributed by atoms with Gasteiger partial charge in [0.15, 0.2) is 0 Å². The standard InChI is InChI=1S/C12H15NO3/c14-12(9-5-2-1-3-6-9)10-7-4-8-11(10)13(15)16/h1-3,5-6,10-12,14H,4,7-8H2. The van der Waals surface area contributed by atoms with Crippen LogP contribution in [-0.4, -0.2) is 16.1 Å². The van der Waals surface area contributed by atoms with Crippen molar-refractivity contribution in [3.05, 3.63) is 46.0 Å². The maximum atomic E-state index is 10.8. The molecule has 2 rings (SSSR count). The molecule has 3 atom stereocenters. The molecule has 0 bridgehead atoms. The number of aliphatic hydroxyl groups is 1. The zero-order valence-corrected chi connectivity index (χ0v) is 8.95. The molecule has 0 saturated heterocycles. The van der Waals surface area contributed by atoms with Crippen LogP contribution >= 0.6 is 0 Å². The first-order chi connectivity index (χ1) is 7.70. The highest BCUT2D eigenvalue weighted by Gasteiger charge is 2.41. The summed E-state index contributed by atoms with van der Waals surface area (Å²) in [6.45, 7) is 0. The molecular weight excluding hydrogens is 206 g/mol. The van der Waals surface area contributed by atoms with Crippen molar-refractivity contribution in [1.29, 1.82) is 0 Å². The van der Waals surface area contributed by atoms with Gasteiger partial charge in [-0.1, -0.05) is 30.3 Å². The molecule has 0 radical (unpaired) electrons.